The van der Waals surface area contributed by atoms with Crippen molar-refractivity contribution in [3.63, 3.8) is 0 Å². The van der Waals surface area contributed by atoms with Crippen molar-refractivity contribution in [3.8, 4) is 0 Å². The monoisotopic (exact) mass is 243 g/mol. The van der Waals surface area contributed by atoms with Crippen molar-refractivity contribution in [2.75, 3.05) is 6.54 Å². The molecule has 18 heavy (non-hydrogen) atoms. The maximum absolute atomic E-state index is 12.3. The molecular formula is C14H17N3O. The second-order valence-electron chi connectivity index (χ2n) is 4.30. The molecule has 2 rings (SSSR count). The standard InChI is InChI=1S/C14H17N3O/c1-17-8-7-16-14(17)9-13(18)12(10-15)11-5-3-2-4-6-11/h2-8,12H,9-10,15H2,1H3. The number of aromatic nitrogens is 2. The minimum absolute atomic E-state index is 0.109. The fourth-order valence-corrected chi connectivity index (χ4v) is 1.98. The summed E-state index contributed by atoms with van der Waals surface area (Å²) in [4.78, 5) is 16.4. The van der Waals surface area contributed by atoms with Gasteiger partial charge in [-0.15, -0.1) is 0 Å². The smallest absolute Gasteiger partial charge is 0.149 e. The molecule has 0 bridgehead atoms. The van der Waals surface area contributed by atoms with Crippen LogP contribution in [0.15, 0.2) is 42.7 Å². The molecule has 1 aromatic heterocycles. The lowest BCUT2D eigenvalue weighted by Crippen LogP contribution is -2.24. The molecule has 94 valence electrons. The lowest BCUT2D eigenvalue weighted by atomic mass is 9.93. The molecule has 2 aromatic rings. The molecule has 4 heteroatoms. The summed E-state index contributed by atoms with van der Waals surface area (Å²) in [6, 6.07) is 9.65. The fraction of sp³-hybridized carbons (Fsp3) is 0.286. The number of rotatable bonds is 5. The fourth-order valence-electron chi connectivity index (χ4n) is 1.98. The number of imidazole rings is 1. The molecule has 0 aliphatic carbocycles. The summed E-state index contributed by atoms with van der Waals surface area (Å²) in [5.74, 6) is 0.635. The predicted octanol–water partition coefficient (Wildman–Crippen LogP) is 1.27. The number of nitrogens with two attached hydrogens (primary N) is 1. The van der Waals surface area contributed by atoms with E-state index < -0.39 is 0 Å². The Balaban J connectivity index is 2.14. The Bertz CT molecular complexity index is 519. The van der Waals surface area contributed by atoms with Crippen LogP contribution in [0, 0.1) is 0 Å². The lowest BCUT2D eigenvalue weighted by molar-refractivity contribution is -0.119. The number of hydrogen-bond donors (Lipinski definition) is 1. The van der Waals surface area contributed by atoms with Gasteiger partial charge in [0.2, 0.25) is 0 Å². The first kappa shape index (κ1) is 12.5. The second kappa shape index (κ2) is 5.60. The van der Waals surface area contributed by atoms with E-state index in [1.54, 1.807) is 6.20 Å². The molecule has 1 unspecified atom stereocenters. The van der Waals surface area contributed by atoms with Crippen LogP contribution in [0.2, 0.25) is 0 Å². The summed E-state index contributed by atoms with van der Waals surface area (Å²) in [7, 11) is 1.88. The lowest BCUT2D eigenvalue weighted by Gasteiger charge is -2.13. The van der Waals surface area contributed by atoms with Crippen molar-refractivity contribution in [1.29, 1.82) is 0 Å². The molecule has 1 aromatic carbocycles. The molecule has 0 spiro atoms. The predicted molar refractivity (Wildman–Crippen MR) is 70.2 cm³/mol. The quantitative estimate of drug-likeness (QED) is 0.860. The summed E-state index contributed by atoms with van der Waals surface area (Å²) >= 11 is 0. The van der Waals surface area contributed by atoms with Crippen molar-refractivity contribution >= 4 is 5.78 Å². The Morgan fingerprint density at radius 3 is 2.67 bits per heavy atom. The molecule has 0 amide bonds. The molecule has 2 N–H and O–H groups in total. The highest BCUT2D eigenvalue weighted by Gasteiger charge is 2.20. The average molecular weight is 243 g/mol. The zero-order valence-corrected chi connectivity index (χ0v) is 10.4. The van der Waals surface area contributed by atoms with Crippen LogP contribution >= 0.6 is 0 Å². The largest absolute Gasteiger partial charge is 0.338 e. The van der Waals surface area contributed by atoms with E-state index in [9.17, 15) is 4.79 Å². The molecule has 0 aliphatic rings. The zero-order valence-electron chi connectivity index (χ0n) is 10.4. The highest BCUT2D eigenvalue weighted by molar-refractivity contribution is 5.87. The van der Waals surface area contributed by atoms with E-state index in [4.69, 9.17) is 5.73 Å². The van der Waals surface area contributed by atoms with Crippen molar-refractivity contribution < 1.29 is 4.79 Å². The highest BCUT2D eigenvalue weighted by Crippen LogP contribution is 2.17. The first-order valence-electron chi connectivity index (χ1n) is 5.96. The first-order chi connectivity index (χ1) is 8.72. The summed E-state index contributed by atoms with van der Waals surface area (Å²) < 4.78 is 1.86. The third-order valence-electron chi connectivity index (χ3n) is 3.08. The van der Waals surface area contributed by atoms with Crippen LogP contribution in [-0.4, -0.2) is 21.9 Å². The van der Waals surface area contributed by atoms with Gasteiger partial charge >= 0.3 is 0 Å². The SMILES string of the molecule is Cn1ccnc1CC(=O)C(CN)c1ccccc1. The maximum atomic E-state index is 12.3. The van der Waals surface area contributed by atoms with E-state index in [1.807, 2.05) is 48.1 Å². The maximum Gasteiger partial charge on any atom is 0.149 e. The molecule has 1 heterocycles. The van der Waals surface area contributed by atoms with Crippen molar-refractivity contribution in [1.82, 2.24) is 9.55 Å². The minimum atomic E-state index is -0.247. The van der Waals surface area contributed by atoms with Crippen LogP contribution in [0.3, 0.4) is 0 Å². The number of nitrogens with zero attached hydrogens (tertiary/aromatic N) is 2. The Morgan fingerprint density at radius 1 is 1.39 bits per heavy atom. The van der Waals surface area contributed by atoms with Crippen LogP contribution in [0.1, 0.15) is 17.3 Å². The second-order valence-corrected chi connectivity index (χ2v) is 4.30. The summed E-state index contributed by atoms with van der Waals surface area (Å²) in [6.07, 6.45) is 3.85. The van der Waals surface area contributed by atoms with Crippen molar-refractivity contribution in [3.05, 3.63) is 54.1 Å². The molecule has 0 fully saturated rings. The topological polar surface area (TPSA) is 60.9 Å². The molecule has 0 saturated heterocycles. The van der Waals surface area contributed by atoms with Gasteiger partial charge in [0.25, 0.3) is 0 Å². The number of carbonyl (C=O) groups excluding carboxylic acids is 1. The Labute approximate surface area is 106 Å². The summed E-state index contributed by atoms with van der Waals surface area (Å²) in [5, 5.41) is 0. The number of aryl methyl sites for hydroxylation is 1. The van der Waals surface area contributed by atoms with Gasteiger partial charge in [-0.25, -0.2) is 4.98 Å². The van der Waals surface area contributed by atoms with Crippen molar-refractivity contribution in [2.45, 2.75) is 12.3 Å². The van der Waals surface area contributed by atoms with Gasteiger partial charge in [-0.05, 0) is 5.56 Å². The van der Waals surface area contributed by atoms with Gasteiger partial charge in [0.1, 0.15) is 11.6 Å². The molecule has 0 saturated carbocycles. The van der Waals surface area contributed by atoms with Gasteiger partial charge in [-0.2, -0.15) is 0 Å². The molecule has 4 nitrogen and oxygen atoms in total. The van der Waals surface area contributed by atoms with E-state index in [0.717, 1.165) is 11.4 Å². The molecule has 0 radical (unpaired) electrons. The summed E-state index contributed by atoms with van der Waals surface area (Å²) in [5.41, 5.74) is 6.70. The first-order valence-corrected chi connectivity index (χ1v) is 5.96. The van der Waals surface area contributed by atoms with Crippen LogP contribution < -0.4 is 5.73 Å². The van der Waals surface area contributed by atoms with Gasteiger partial charge in [-0.1, -0.05) is 30.3 Å². The minimum Gasteiger partial charge on any atom is -0.338 e. The van der Waals surface area contributed by atoms with Crippen LogP contribution in [0.25, 0.3) is 0 Å². The highest BCUT2D eigenvalue weighted by atomic mass is 16.1. The van der Waals surface area contributed by atoms with Gasteiger partial charge in [0.05, 0.1) is 12.3 Å². The summed E-state index contributed by atoms with van der Waals surface area (Å²) in [6.45, 7) is 0.327. The third kappa shape index (κ3) is 2.65. The molecule has 1 atom stereocenters. The van der Waals surface area contributed by atoms with Gasteiger partial charge in [-0.3, -0.25) is 4.79 Å². The zero-order chi connectivity index (χ0) is 13.0. The number of benzene rings is 1. The van der Waals surface area contributed by atoms with E-state index in [0.29, 0.717) is 13.0 Å². The van der Waals surface area contributed by atoms with E-state index in [2.05, 4.69) is 4.98 Å². The molecular weight excluding hydrogens is 226 g/mol. The van der Waals surface area contributed by atoms with Crippen LogP contribution in [0.5, 0.6) is 0 Å². The van der Waals surface area contributed by atoms with Crippen LogP contribution in [-0.2, 0) is 18.3 Å². The Morgan fingerprint density at radius 2 is 2.11 bits per heavy atom. The van der Waals surface area contributed by atoms with Gasteiger partial charge in [0.15, 0.2) is 0 Å². The number of Topliss-reactive ketones (excluding diaryl/α,β-unsaturated/α-hetero) is 1. The van der Waals surface area contributed by atoms with Crippen LogP contribution in [0.4, 0.5) is 0 Å². The number of ketones is 1. The number of hydrogen-bond acceptors (Lipinski definition) is 3. The normalized spacial score (nSPS) is 12.3. The van der Waals surface area contributed by atoms with Gasteiger partial charge < -0.3 is 10.3 Å². The van der Waals surface area contributed by atoms with E-state index in [-0.39, 0.29) is 11.7 Å². The Kier molecular flexibility index (Phi) is 3.89. The Hall–Kier alpha value is -1.94. The molecule has 0 aliphatic heterocycles. The third-order valence-corrected chi connectivity index (χ3v) is 3.08. The van der Waals surface area contributed by atoms with E-state index >= 15 is 0 Å². The number of carbonyl (C=O) groups is 1. The van der Waals surface area contributed by atoms with Crippen molar-refractivity contribution in [2.24, 2.45) is 12.8 Å². The average Bonchev–Trinajstić information content (AvgIpc) is 2.77. The van der Waals surface area contributed by atoms with Gasteiger partial charge in [0, 0.05) is 26.0 Å². The van der Waals surface area contributed by atoms with E-state index in [1.165, 1.54) is 0 Å².